The molecule has 3 atom stereocenters. The summed E-state index contributed by atoms with van der Waals surface area (Å²) in [6, 6.07) is 23.3. The first-order valence-electron chi connectivity index (χ1n) is 13.9. The van der Waals surface area contributed by atoms with E-state index in [4.69, 9.17) is 18.9 Å². The van der Waals surface area contributed by atoms with E-state index in [9.17, 15) is 19.2 Å². The van der Waals surface area contributed by atoms with Crippen LogP contribution < -0.4 is 11.2 Å². The first-order valence-corrected chi connectivity index (χ1v) is 13.9. The molecule has 1 saturated heterocycles. The Labute approximate surface area is 247 Å². The van der Waals surface area contributed by atoms with Crippen LogP contribution in [0.5, 0.6) is 0 Å². The highest BCUT2D eigenvalue weighted by atomic mass is 16.6. The number of ether oxygens (including phenoxy) is 4. The lowest BCUT2D eigenvalue weighted by Crippen LogP contribution is -2.34. The Balaban J connectivity index is 1.33. The third-order valence-corrected chi connectivity index (χ3v) is 7.11. The van der Waals surface area contributed by atoms with Crippen LogP contribution in [0.2, 0.25) is 0 Å². The fourth-order valence-corrected chi connectivity index (χ4v) is 4.67. The first kappa shape index (κ1) is 29.7. The maximum absolute atomic E-state index is 13.0. The normalized spacial score (nSPS) is 17.9. The molecule has 2 heterocycles. The van der Waals surface area contributed by atoms with Gasteiger partial charge in [0.15, 0.2) is 0 Å². The minimum Gasteiger partial charge on any atom is -0.459 e. The Bertz CT molecular complexity index is 1680. The van der Waals surface area contributed by atoms with E-state index < -0.39 is 41.6 Å². The van der Waals surface area contributed by atoms with Crippen LogP contribution in [0.1, 0.15) is 55.6 Å². The van der Waals surface area contributed by atoms with Crippen LogP contribution in [0.4, 0.5) is 0 Å². The van der Waals surface area contributed by atoms with Crippen molar-refractivity contribution in [1.29, 1.82) is 0 Å². The number of aryl methyl sites for hydroxylation is 2. The fraction of sp³-hybridized carbons (Fsp3) is 0.273. The highest BCUT2D eigenvalue weighted by Crippen LogP contribution is 2.31. The average molecular weight is 585 g/mol. The van der Waals surface area contributed by atoms with E-state index in [1.54, 1.807) is 48.5 Å². The van der Waals surface area contributed by atoms with Gasteiger partial charge in [-0.25, -0.2) is 14.4 Å². The van der Waals surface area contributed by atoms with Crippen molar-refractivity contribution in [1.82, 2.24) is 9.55 Å². The Hall–Kier alpha value is -4.80. The Morgan fingerprint density at radius 1 is 0.860 bits per heavy atom. The number of carbonyl (C=O) groups is 2. The van der Waals surface area contributed by atoms with Gasteiger partial charge in [-0.05, 0) is 43.7 Å². The summed E-state index contributed by atoms with van der Waals surface area (Å²) >= 11 is 0. The van der Waals surface area contributed by atoms with Gasteiger partial charge in [0.2, 0.25) is 0 Å². The molecule has 0 bridgehead atoms. The van der Waals surface area contributed by atoms with Crippen molar-refractivity contribution in [2.24, 2.45) is 0 Å². The van der Waals surface area contributed by atoms with Crippen molar-refractivity contribution in [3.63, 3.8) is 0 Å². The van der Waals surface area contributed by atoms with Gasteiger partial charge in [-0.15, -0.1) is 0 Å². The van der Waals surface area contributed by atoms with Crippen molar-refractivity contribution < 1.29 is 28.5 Å². The molecule has 1 aliphatic rings. The second-order valence-electron chi connectivity index (χ2n) is 10.4. The summed E-state index contributed by atoms with van der Waals surface area (Å²) in [5.74, 6) is -1.14. The third kappa shape index (κ3) is 7.54. The summed E-state index contributed by atoms with van der Waals surface area (Å²) in [6.07, 6.45) is -1.15. The lowest BCUT2D eigenvalue weighted by molar-refractivity contribution is -0.0583. The SMILES string of the molecule is Cc1ccc(C(=O)OC[C@H]2O[C@@H](n3cc(COCc4ccccc4)c(=O)[nH]c3=O)C[C@H]2OC(=O)c2ccc(C)cc2)cc1. The Morgan fingerprint density at radius 2 is 1.49 bits per heavy atom. The zero-order chi connectivity index (χ0) is 30.3. The van der Waals surface area contributed by atoms with Crippen LogP contribution in [0, 0.1) is 13.8 Å². The third-order valence-electron chi connectivity index (χ3n) is 7.11. The zero-order valence-electron chi connectivity index (χ0n) is 23.9. The minimum absolute atomic E-state index is 0.0410. The molecule has 0 aliphatic carbocycles. The van der Waals surface area contributed by atoms with Gasteiger partial charge >= 0.3 is 17.6 Å². The van der Waals surface area contributed by atoms with Crippen molar-refractivity contribution in [2.75, 3.05) is 6.61 Å². The number of nitrogens with one attached hydrogen (secondary N) is 1. The predicted octanol–water partition coefficient (Wildman–Crippen LogP) is 4.24. The number of hydrogen-bond donors (Lipinski definition) is 1. The molecular weight excluding hydrogens is 552 g/mol. The van der Waals surface area contributed by atoms with Crippen molar-refractivity contribution in [2.45, 2.75) is 51.9 Å². The molecular formula is C33H32N2O8. The van der Waals surface area contributed by atoms with Gasteiger partial charge < -0.3 is 18.9 Å². The van der Waals surface area contributed by atoms with Crippen molar-refractivity contribution >= 4 is 11.9 Å². The van der Waals surface area contributed by atoms with Crippen LogP contribution in [0.3, 0.4) is 0 Å². The molecule has 0 amide bonds. The lowest BCUT2D eigenvalue weighted by Gasteiger charge is -2.19. The van der Waals surface area contributed by atoms with E-state index in [0.717, 1.165) is 16.7 Å². The Morgan fingerprint density at radius 3 is 2.14 bits per heavy atom. The Kier molecular flexibility index (Phi) is 9.29. The molecule has 10 nitrogen and oxygen atoms in total. The molecule has 10 heteroatoms. The van der Waals surface area contributed by atoms with E-state index in [0.29, 0.717) is 11.1 Å². The summed E-state index contributed by atoms with van der Waals surface area (Å²) in [7, 11) is 0. The van der Waals surface area contributed by atoms with E-state index in [2.05, 4.69) is 4.98 Å². The summed E-state index contributed by atoms with van der Waals surface area (Å²) in [4.78, 5) is 53.3. The molecule has 5 rings (SSSR count). The topological polar surface area (TPSA) is 126 Å². The largest absolute Gasteiger partial charge is 0.459 e. The number of aromatic amines is 1. The van der Waals surface area contributed by atoms with Crippen LogP contribution in [-0.4, -0.2) is 40.3 Å². The van der Waals surface area contributed by atoms with Crippen LogP contribution in [0.25, 0.3) is 0 Å². The molecule has 1 aliphatic heterocycles. The molecule has 4 aromatic rings. The average Bonchev–Trinajstić information content (AvgIpc) is 3.40. The molecule has 0 spiro atoms. The van der Waals surface area contributed by atoms with E-state index >= 15 is 0 Å². The van der Waals surface area contributed by atoms with Gasteiger partial charge in [-0.2, -0.15) is 0 Å². The molecule has 222 valence electrons. The van der Waals surface area contributed by atoms with Gasteiger partial charge in [0.25, 0.3) is 5.56 Å². The van der Waals surface area contributed by atoms with Gasteiger partial charge in [0.1, 0.15) is 25.0 Å². The van der Waals surface area contributed by atoms with Crippen molar-refractivity contribution in [3.05, 3.63) is 139 Å². The second-order valence-corrected chi connectivity index (χ2v) is 10.4. The second kappa shape index (κ2) is 13.5. The number of aromatic nitrogens is 2. The first-order chi connectivity index (χ1) is 20.8. The van der Waals surface area contributed by atoms with Crippen LogP contribution in [-0.2, 0) is 32.2 Å². The number of H-pyrrole nitrogens is 1. The van der Waals surface area contributed by atoms with E-state index in [1.807, 2.05) is 44.2 Å². The van der Waals surface area contributed by atoms with Gasteiger partial charge in [-0.3, -0.25) is 14.3 Å². The number of rotatable bonds is 10. The van der Waals surface area contributed by atoms with Gasteiger partial charge in [0.05, 0.1) is 29.9 Å². The highest BCUT2D eigenvalue weighted by molar-refractivity contribution is 5.90. The molecule has 1 aromatic heterocycles. The summed E-state index contributed by atoms with van der Waals surface area (Å²) in [5, 5.41) is 0. The maximum atomic E-state index is 13.0. The molecule has 0 unspecified atom stereocenters. The van der Waals surface area contributed by atoms with Gasteiger partial charge in [-0.1, -0.05) is 65.7 Å². The number of esters is 2. The highest BCUT2D eigenvalue weighted by Gasteiger charge is 2.40. The van der Waals surface area contributed by atoms with Crippen LogP contribution in [0.15, 0.2) is 94.6 Å². The number of benzene rings is 3. The van der Waals surface area contributed by atoms with E-state index in [-0.39, 0.29) is 31.8 Å². The van der Waals surface area contributed by atoms with Gasteiger partial charge in [0, 0.05) is 12.6 Å². The fourth-order valence-electron chi connectivity index (χ4n) is 4.67. The summed E-state index contributed by atoms with van der Waals surface area (Å²) < 4.78 is 24.4. The van der Waals surface area contributed by atoms with E-state index in [1.165, 1.54) is 10.8 Å². The summed E-state index contributed by atoms with van der Waals surface area (Å²) in [6.45, 7) is 3.84. The minimum atomic E-state index is -0.906. The zero-order valence-corrected chi connectivity index (χ0v) is 23.9. The number of nitrogens with zero attached hydrogens (tertiary/aromatic N) is 1. The monoisotopic (exact) mass is 584 g/mol. The lowest BCUT2D eigenvalue weighted by atomic mass is 10.1. The molecule has 1 fully saturated rings. The molecule has 3 aromatic carbocycles. The molecule has 1 N–H and O–H groups in total. The predicted molar refractivity (Wildman–Crippen MR) is 157 cm³/mol. The summed E-state index contributed by atoms with van der Waals surface area (Å²) in [5.41, 5.74) is 2.60. The van der Waals surface area contributed by atoms with Crippen LogP contribution >= 0.6 is 0 Å². The number of hydrogen-bond acceptors (Lipinski definition) is 8. The quantitative estimate of drug-likeness (QED) is 0.275. The molecule has 43 heavy (non-hydrogen) atoms. The van der Waals surface area contributed by atoms with Crippen molar-refractivity contribution in [3.8, 4) is 0 Å². The maximum Gasteiger partial charge on any atom is 0.338 e. The smallest absolute Gasteiger partial charge is 0.338 e. The molecule has 0 saturated carbocycles. The number of carbonyl (C=O) groups excluding carboxylic acids is 2. The standard InChI is InChI=1S/C33H32N2O8/c1-21-8-12-24(13-9-21)31(37)41-20-28-27(43-32(38)25-14-10-22(2)11-15-25)16-29(42-28)35-17-26(30(36)34-33(35)39)19-40-18-23-6-4-3-5-7-23/h3-15,17,27-29H,16,18-20H2,1-2H3,(H,34,36,39)/t27-,28-,29-/m1/s1. The molecule has 0 radical (unpaired) electrons.